The van der Waals surface area contributed by atoms with E-state index < -0.39 is 0 Å². The van der Waals surface area contributed by atoms with Crippen LogP contribution < -0.4 is 10.9 Å². The van der Waals surface area contributed by atoms with Crippen molar-refractivity contribution in [1.82, 2.24) is 15.8 Å². The van der Waals surface area contributed by atoms with Gasteiger partial charge in [0, 0.05) is 11.8 Å². The molecular formula is C31H41N3O2. The first-order chi connectivity index (χ1) is 17.6. The van der Waals surface area contributed by atoms with Crippen LogP contribution in [-0.2, 0) is 10.2 Å². The number of amides is 2. The number of nitrogens with zero attached hydrogens (tertiary/aromatic N) is 1. The quantitative estimate of drug-likeness (QED) is 0.209. The molecule has 2 N–H and O–H groups in total. The number of carbonyl (C=O) groups excluding carboxylic acids is 2. The van der Waals surface area contributed by atoms with Crippen LogP contribution in [0.4, 0.5) is 0 Å². The van der Waals surface area contributed by atoms with Crippen LogP contribution in [0, 0.1) is 17.8 Å². The number of aromatic nitrogens is 1. The van der Waals surface area contributed by atoms with Crippen LogP contribution >= 0.6 is 0 Å². The molecule has 192 valence electrons. The SMILES string of the molecule is C=CCCCCCCCCC(=O)NNC(=O)c1cc(C23CC4CC(CC(C4)C2)C3)c2ccccc2n1. The molecule has 1 aromatic heterocycles. The molecule has 0 saturated heterocycles. The number of carbonyl (C=O) groups is 2. The van der Waals surface area contributed by atoms with Crippen LogP contribution in [-0.4, -0.2) is 16.8 Å². The standard InChI is InChI=1S/C31H41N3O2/c1-2-3-4-5-6-7-8-9-14-29(35)33-34-30(36)28-18-26(25-12-10-11-13-27(25)32-28)31-19-22-15-23(20-31)17-24(16-22)21-31/h2,10-13,18,22-24H,1,3-9,14-17,19-21H2,(H,33,35)(H,34,36). The van der Waals surface area contributed by atoms with E-state index in [2.05, 4.69) is 34.5 Å². The summed E-state index contributed by atoms with van der Waals surface area (Å²) in [4.78, 5) is 30.1. The van der Waals surface area contributed by atoms with Crippen LogP contribution in [0.5, 0.6) is 0 Å². The van der Waals surface area contributed by atoms with Gasteiger partial charge in [0.25, 0.3) is 5.91 Å². The molecule has 0 radical (unpaired) electrons. The molecule has 0 atom stereocenters. The molecule has 0 aliphatic heterocycles. The molecule has 36 heavy (non-hydrogen) atoms. The maximum Gasteiger partial charge on any atom is 0.288 e. The zero-order valence-electron chi connectivity index (χ0n) is 21.6. The molecular weight excluding hydrogens is 446 g/mol. The summed E-state index contributed by atoms with van der Waals surface area (Å²) in [5.74, 6) is 2.00. The van der Waals surface area contributed by atoms with Gasteiger partial charge in [-0.3, -0.25) is 20.4 Å². The Morgan fingerprint density at radius 1 is 0.917 bits per heavy atom. The summed E-state index contributed by atoms with van der Waals surface area (Å²) in [6, 6.07) is 10.3. The smallest absolute Gasteiger partial charge is 0.273 e. The van der Waals surface area contributed by atoms with E-state index in [-0.39, 0.29) is 17.2 Å². The van der Waals surface area contributed by atoms with E-state index >= 15 is 0 Å². The molecule has 4 aliphatic carbocycles. The van der Waals surface area contributed by atoms with Gasteiger partial charge in [-0.25, -0.2) is 4.98 Å². The number of fused-ring (bicyclic) bond motifs is 1. The minimum Gasteiger partial charge on any atom is -0.273 e. The van der Waals surface area contributed by atoms with Crippen molar-refractivity contribution in [3.63, 3.8) is 0 Å². The summed E-state index contributed by atoms with van der Waals surface area (Å²) in [5.41, 5.74) is 7.99. The molecule has 2 amide bonds. The van der Waals surface area contributed by atoms with Gasteiger partial charge in [-0.2, -0.15) is 0 Å². The number of pyridine rings is 1. The van der Waals surface area contributed by atoms with E-state index in [4.69, 9.17) is 0 Å². The highest BCUT2D eigenvalue weighted by molar-refractivity contribution is 5.97. The van der Waals surface area contributed by atoms with Crippen LogP contribution in [0.2, 0.25) is 0 Å². The third-order valence-corrected chi connectivity index (χ3v) is 8.94. The Morgan fingerprint density at radius 2 is 1.56 bits per heavy atom. The predicted octanol–water partition coefficient (Wildman–Crippen LogP) is 6.77. The van der Waals surface area contributed by atoms with Gasteiger partial charge >= 0.3 is 0 Å². The van der Waals surface area contributed by atoms with Crippen LogP contribution in [0.1, 0.15) is 106 Å². The van der Waals surface area contributed by atoms with Crippen LogP contribution in [0.25, 0.3) is 10.9 Å². The predicted molar refractivity (Wildman–Crippen MR) is 144 cm³/mol. The molecule has 5 nitrogen and oxygen atoms in total. The largest absolute Gasteiger partial charge is 0.288 e. The lowest BCUT2D eigenvalue weighted by Crippen LogP contribution is -2.48. The summed E-state index contributed by atoms with van der Waals surface area (Å²) < 4.78 is 0. The van der Waals surface area contributed by atoms with Crippen molar-refractivity contribution >= 4 is 22.7 Å². The maximum absolute atomic E-state index is 13.1. The monoisotopic (exact) mass is 487 g/mol. The minimum absolute atomic E-state index is 0.142. The Bertz CT molecular complexity index is 1070. The highest BCUT2D eigenvalue weighted by Crippen LogP contribution is 2.61. The lowest BCUT2D eigenvalue weighted by molar-refractivity contribution is -0.122. The first-order valence-electron chi connectivity index (χ1n) is 14.2. The van der Waals surface area contributed by atoms with E-state index in [0.717, 1.165) is 49.0 Å². The van der Waals surface area contributed by atoms with Gasteiger partial charge in [0.05, 0.1) is 5.52 Å². The van der Waals surface area contributed by atoms with Gasteiger partial charge in [0.2, 0.25) is 5.91 Å². The second-order valence-corrected chi connectivity index (χ2v) is 11.7. The van der Waals surface area contributed by atoms with E-state index in [1.54, 1.807) is 0 Å². The Hall–Kier alpha value is -2.69. The molecule has 0 spiro atoms. The van der Waals surface area contributed by atoms with Crippen molar-refractivity contribution in [1.29, 1.82) is 0 Å². The zero-order chi connectivity index (χ0) is 25.0. The summed E-state index contributed by atoms with van der Waals surface area (Å²) in [5, 5.41) is 1.18. The number of hydrogen-bond donors (Lipinski definition) is 2. The highest BCUT2D eigenvalue weighted by atomic mass is 16.2. The van der Waals surface area contributed by atoms with Crippen molar-refractivity contribution < 1.29 is 9.59 Å². The molecule has 0 unspecified atom stereocenters. The number of hydrazine groups is 1. The Kier molecular flexibility index (Phi) is 7.73. The second-order valence-electron chi connectivity index (χ2n) is 11.7. The molecule has 4 saturated carbocycles. The maximum atomic E-state index is 13.1. The van der Waals surface area contributed by atoms with Crippen LogP contribution in [0.3, 0.4) is 0 Å². The first-order valence-corrected chi connectivity index (χ1v) is 14.2. The number of allylic oxidation sites excluding steroid dienone is 1. The summed E-state index contributed by atoms with van der Waals surface area (Å²) in [6.45, 7) is 3.75. The number of para-hydroxylation sites is 1. The molecule has 4 fully saturated rings. The Labute approximate surface area is 215 Å². The van der Waals surface area contributed by atoms with Crippen molar-refractivity contribution in [2.75, 3.05) is 0 Å². The number of hydrogen-bond acceptors (Lipinski definition) is 3. The summed E-state index contributed by atoms with van der Waals surface area (Å²) >= 11 is 0. The normalized spacial score (nSPS) is 26.2. The van der Waals surface area contributed by atoms with Gasteiger partial charge in [0.1, 0.15) is 5.69 Å². The van der Waals surface area contributed by atoms with E-state index in [1.807, 2.05) is 24.3 Å². The zero-order valence-corrected chi connectivity index (χ0v) is 21.6. The topological polar surface area (TPSA) is 71.1 Å². The third kappa shape index (κ3) is 5.50. The van der Waals surface area contributed by atoms with E-state index in [0.29, 0.717) is 12.1 Å². The van der Waals surface area contributed by atoms with Gasteiger partial charge in [-0.15, -0.1) is 6.58 Å². The van der Waals surface area contributed by atoms with Crippen molar-refractivity contribution in [3.8, 4) is 0 Å². The first kappa shape index (κ1) is 25.0. The molecule has 2 aromatic rings. The second kappa shape index (κ2) is 11.1. The fourth-order valence-corrected chi connectivity index (χ4v) is 7.71. The molecule has 1 heterocycles. The average molecular weight is 488 g/mol. The molecule has 6 rings (SSSR count). The summed E-state index contributed by atoms with van der Waals surface area (Å²) in [7, 11) is 0. The molecule has 1 aromatic carbocycles. The molecule has 4 bridgehead atoms. The van der Waals surface area contributed by atoms with E-state index in [1.165, 1.54) is 68.7 Å². The van der Waals surface area contributed by atoms with Crippen molar-refractivity contribution in [3.05, 3.63) is 54.2 Å². The Balaban J connectivity index is 1.20. The number of unbranched alkanes of at least 4 members (excludes halogenated alkanes) is 6. The average Bonchev–Trinajstić information content (AvgIpc) is 2.87. The lowest BCUT2D eigenvalue weighted by Gasteiger charge is -2.57. The van der Waals surface area contributed by atoms with Gasteiger partial charge in [-0.05, 0) is 98.7 Å². The minimum atomic E-state index is -0.331. The van der Waals surface area contributed by atoms with E-state index in [9.17, 15) is 9.59 Å². The Morgan fingerprint density at radius 3 is 2.25 bits per heavy atom. The lowest BCUT2D eigenvalue weighted by atomic mass is 9.48. The number of nitrogens with one attached hydrogen (secondary N) is 2. The molecule has 5 heteroatoms. The van der Waals surface area contributed by atoms with Gasteiger partial charge in [-0.1, -0.05) is 50.0 Å². The molecule has 4 aliphatic rings. The highest BCUT2D eigenvalue weighted by Gasteiger charge is 2.52. The number of rotatable bonds is 11. The fraction of sp³-hybridized carbons (Fsp3) is 0.581. The van der Waals surface area contributed by atoms with Crippen LogP contribution in [0.15, 0.2) is 43.0 Å². The fourth-order valence-electron chi connectivity index (χ4n) is 7.71. The third-order valence-electron chi connectivity index (χ3n) is 8.94. The van der Waals surface area contributed by atoms with Crippen molar-refractivity contribution in [2.45, 2.75) is 95.3 Å². The summed E-state index contributed by atoms with van der Waals surface area (Å²) in [6.07, 6.45) is 18.0. The van der Waals surface area contributed by atoms with Crippen molar-refractivity contribution in [2.24, 2.45) is 17.8 Å². The number of benzene rings is 1. The van der Waals surface area contributed by atoms with Gasteiger partial charge < -0.3 is 0 Å². The van der Waals surface area contributed by atoms with Gasteiger partial charge in [0.15, 0.2) is 0 Å².